The van der Waals surface area contributed by atoms with Crippen LogP contribution in [0.2, 0.25) is 0 Å². The van der Waals surface area contributed by atoms with E-state index in [0.717, 1.165) is 22.9 Å². The Morgan fingerprint density at radius 1 is 1.19 bits per heavy atom. The van der Waals surface area contributed by atoms with Crippen molar-refractivity contribution in [3.05, 3.63) is 24.3 Å². The zero-order valence-corrected chi connectivity index (χ0v) is 13.6. The van der Waals surface area contributed by atoms with E-state index in [1.807, 2.05) is 24.3 Å². The number of thioether (sulfide) groups is 1. The van der Waals surface area contributed by atoms with Crippen molar-refractivity contribution in [2.75, 3.05) is 17.2 Å². The van der Waals surface area contributed by atoms with E-state index in [-0.39, 0.29) is 11.8 Å². The minimum Gasteiger partial charge on any atom is -0.399 e. The summed E-state index contributed by atoms with van der Waals surface area (Å²) in [6.45, 7) is 0. The predicted octanol–water partition coefficient (Wildman–Crippen LogP) is 2.47. The van der Waals surface area contributed by atoms with Gasteiger partial charge in [0.1, 0.15) is 0 Å². The van der Waals surface area contributed by atoms with Crippen LogP contribution in [0.4, 0.5) is 5.69 Å². The fourth-order valence-electron chi connectivity index (χ4n) is 3.51. The summed E-state index contributed by atoms with van der Waals surface area (Å²) >= 11 is 1.55. The van der Waals surface area contributed by atoms with Gasteiger partial charge in [-0.3, -0.25) is 0 Å². The van der Waals surface area contributed by atoms with Crippen LogP contribution in [-0.4, -0.2) is 26.0 Å². The zero-order valence-electron chi connectivity index (χ0n) is 12.0. The van der Waals surface area contributed by atoms with Gasteiger partial charge in [0, 0.05) is 22.4 Å². The smallest absolute Gasteiger partial charge is 0.212 e. The van der Waals surface area contributed by atoms with Crippen LogP contribution >= 0.6 is 11.8 Å². The van der Waals surface area contributed by atoms with Crippen LogP contribution in [0.25, 0.3) is 0 Å². The van der Waals surface area contributed by atoms with Gasteiger partial charge in [0.2, 0.25) is 10.0 Å². The van der Waals surface area contributed by atoms with Gasteiger partial charge < -0.3 is 5.73 Å². The van der Waals surface area contributed by atoms with Gasteiger partial charge in [-0.25, -0.2) is 13.1 Å². The number of rotatable bonds is 6. The molecule has 0 aliphatic heterocycles. The third-order valence-electron chi connectivity index (χ3n) is 4.57. The summed E-state index contributed by atoms with van der Waals surface area (Å²) < 4.78 is 27.2. The highest BCUT2D eigenvalue weighted by Crippen LogP contribution is 2.44. The number of nitrogens with two attached hydrogens (primary N) is 1. The van der Waals surface area contributed by atoms with Crippen LogP contribution in [0.1, 0.15) is 25.7 Å². The predicted molar refractivity (Wildman–Crippen MR) is 87.7 cm³/mol. The van der Waals surface area contributed by atoms with E-state index in [1.165, 1.54) is 19.3 Å². The highest BCUT2D eigenvalue weighted by atomic mass is 32.2. The first-order valence-corrected chi connectivity index (χ1v) is 10.1. The lowest BCUT2D eigenvalue weighted by atomic mass is 9.96. The summed E-state index contributed by atoms with van der Waals surface area (Å²) in [5.74, 6) is 2.08. The Labute approximate surface area is 130 Å². The van der Waals surface area contributed by atoms with Gasteiger partial charge in [-0.1, -0.05) is 6.42 Å². The van der Waals surface area contributed by atoms with Crippen molar-refractivity contribution in [2.45, 2.75) is 36.6 Å². The van der Waals surface area contributed by atoms with E-state index < -0.39 is 10.0 Å². The van der Waals surface area contributed by atoms with Crippen molar-refractivity contribution in [3.8, 4) is 0 Å². The lowest BCUT2D eigenvalue weighted by Crippen LogP contribution is -2.40. The van der Waals surface area contributed by atoms with Gasteiger partial charge in [-0.15, -0.1) is 11.8 Å². The van der Waals surface area contributed by atoms with Gasteiger partial charge >= 0.3 is 0 Å². The zero-order chi connectivity index (χ0) is 14.9. The highest BCUT2D eigenvalue weighted by molar-refractivity contribution is 8.00. The molecule has 2 fully saturated rings. The normalized spacial score (nSPS) is 28.1. The molecule has 0 aromatic heterocycles. The number of nitrogen functional groups attached to an aromatic ring is 1. The standard InChI is InChI=1S/C15H22N2O2S2/c16-13-3-5-14(6-4-13)20-7-8-21(18,19)17-15-10-11-1-2-12(15)9-11/h3-6,11-12,15,17H,1-2,7-10,16H2. The maximum Gasteiger partial charge on any atom is 0.212 e. The van der Waals surface area contributed by atoms with Gasteiger partial charge in [0.05, 0.1) is 5.75 Å². The molecule has 116 valence electrons. The molecule has 2 bridgehead atoms. The first kappa shape index (κ1) is 15.2. The summed E-state index contributed by atoms with van der Waals surface area (Å²) in [6, 6.07) is 7.72. The van der Waals surface area contributed by atoms with E-state index in [4.69, 9.17) is 5.73 Å². The molecule has 2 aliphatic carbocycles. The van der Waals surface area contributed by atoms with Crippen LogP contribution in [0.3, 0.4) is 0 Å². The van der Waals surface area contributed by atoms with Crippen molar-refractivity contribution in [1.82, 2.24) is 4.72 Å². The van der Waals surface area contributed by atoms with Crippen LogP contribution in [-0.2, 0) is 10.0 Å². The molecule has 1 aromatic carbocycles. The number of sulfonamides is 1. The Balaban J connectivity index is 1.46. The summed E-state index contributed by atoms with van der Waals surface area (Å²) in [4.78, 5) is 1.05. The third-order valence-corrected chi connectivity index (χ3v) is 7.25. The number of hydrogen-bond acceptors (Lipinski definition) is 4. The molecule has 2 saturated carbocycles. The van der Waals surface area contributed by atoms with Crippen LogP contribution < -0.4 is 10.5 Å². The van der Waals surface area contributed by atoms with Gasteiger partial charge in [0.15, 0.2) is 0 Å². The second-order valence-corrected chi connectivity index (χ2v) is 9.18. The number of hydrogen-bond donors (Lipinski definition) is 2. The molecule has 21 heavy (non-hydrogen) atoms. The minimum absolute atomic E-state index is 0.177. The molecule has 0 radical (unpaired) electrons. The Bertz CT molecular complexity index is 586. The van der Waals surface area contributed by atoms with Crippen molar-refractivity contribution < 1.29 is 8.42 Å². The average Bonchev–Trinajstić information content (AvgIpc) is 3.02. The molecule has 3 atom stereocenters. The molecule has 1 aromatic rings. The van der Waals surface area contributed by atoms with Crippen molar-refractivity contribution in [2.24, 2.45) is 11.8 Å². The van der Waals surface area contributed by atoms with E-state index in [2.05, 4.69) is 4.72 Å². The van der Waals surface area contributed by atoms with Gasteiger partial charge in [0.25, 0.3) is 0 Å². The molecule has 4 nitrogen and oxygen atoms in total. The molecule has 2 aliphatic rings. The van der Waals surface area contributed by atoms with Crippen molar-refractivity contribution in [3.63, 3.8) is 0 Å². The largest absolute Gasteiger partial charge is 0.399 e. The Kier molecular flexibility index (Phi) is 4.47. The monoisotopic (exact) mass is 326 g/mol. The molecule has 0 amide bonds. The molecule has 3 N–H and O–H groups in total. The van der Waals surface area contributed by atoms with Crippen molar-refractivity contribution in [1.29, 1.82) is 0 Å². The number of benzene rings is 1. The Hall–Kier alpha value is -0.720. The summed E-state index contributed by atoms with van der Waals surface area (Å²) in [5.41, 5.74) is 6.36. The SMILES string of the molecule is Nc1ccc(SCCS(=O)(=O)NC2CC3CCC2C3)cc1. The van der Waals surface area contributed by atoms with Crippen LogP contribution in [0.5, 0.6) is 0 Å². The maximum atomic E-state index is 12.2. The van der Waals surface area contributed by atoms with Crippen LogP contribution in [0, 0.1) is 11.8 Å². The van der Waals surface area contributed by atoms with E-state index >= 15 is 0 Å². The number of fused-ring (bicyclic) bond motifs is 2. The van der Waals surface area contributed by atoms with E-state index in [9.17, 15) is 8.42 Å². The topological polar surface area (TPSA) is 72.2 Å². The van der Waals surface area contributed by atoms with E-state index in [0.29, 0.717) is 11.7 Å². The first-order valence-electron chi connectivity index (χ1n) is 7.50. The molecular formula is C15H22N2O2S2. The first-order chi connectivity index (χ1) is 10.0. The highest BCUT2D eigenvalue weighted by Gasteiger charge is 2.40. The maximum absolute atomic E-state index is 12.2. The van der Waals surface area contributed by atoms with Gasteiger partial charge in [-0.2, -0.15) is 0 Å². The molecular weight excluding hydrogens is 304 g/mol. The Morgan fingerprint density at radius 3 is 2.57 bits per heavy atom. The summed E-state index contributed by atoms with van der Waals surface area (Å²) in [6.07, 6.45) is 4.73. The number of anilines is 1. The fraction of sp³-hybridized carbons (Fsp3) is 0.600. The molecule has 3 rings (SSSR count). The third kappa shape index (κ3) is 3.93. The van der Waals surface area contributed by atoms with Crippen molar-refractivity contribution >= 4 is 27.5 Å². The van der Waals surface area contributed by atoms with Gasteiger partial charge in [-0.05, 0) is 55.4 Å². The number of nitrogens with one attached hydrogen (secondary N) is 1. The molecule has 0 heterocycles. The minimum atomic E-state index is -3.16. The summed E-state index contributed by atoms with van der Waals surface area (Å²) in [7, 11) is -3.16. The quantitative estimate of drug-likeness (QED) is 0.622. The molecule has 6 heteroatoms. The lowest BCUT2D eigenvalue weighted by molar-refractivity contribution is 0.390. The fourth-order valence-corrected chi connectivity index (χ4v) is 6.15. The lowest BCUT2D eigenvalue weighted by Gasteiger charge is -2.22. The summed E-state index contributed by atoms with van der Waals surface area (Å²) in [5, 5.41) is 0. The molecule has 0 spiro atoms. The second kappa shape index (κ2) is 6.18. The van der Waals surface area contributed by atoms with E-state index in [1.54, 1.807) is 11.8 Å². The molecule has 3 unspecified atom stereocenters. The Morgan fingerprint density at radius 2 is 1.95 bits per heavy atom. The second-order valence-electron chi connectivity index (χ2n) is 6.14. The molecule has 0 saturated heterocycles. The van der Waals surface area contributed by atoms with Crippen LogP contribution in [0.15, 0.2) is 29.2 Å². The average molecular weight is 326 g/mol.